The molecular weight excluding hydrogens is 325 g/mol. The molecule has 0 fully saturated rings. The number of hydrogen-bond donors (Lipinski definition) is 1. The van der Waals surface area contributed by atoms with E-state index in [1.165, 1.54) is 0 Å². The summed E-state index contributed by atoms with van der Waals surface area (Å²) in [5.74, 6) is 0.204. The lowest BCUT2D eigenvalue weighted by Crippen LogP contribution is -2.24. The zero-order valence-electron chi connectivity index (χ0n) is 14.3. The molecule has 2 atom stereocenters. The summed E-state index contributed by atoms with van der Waals surface area (Å²) < 4.78 is 22.4. The largest absolute Gasteiger partial charge is 0.313 e. The van der Waals surface area contributed by atoms with Crippen molar-refractivity contribution in [1.82, 2.24) is 5.32 Å². The van der Waals surface area contributed by atoms with E-state index in [-0.39, 0.29) is 24.4 Å². The van der Waals surface area contributed by atoms with Crippen LogP contribution in [0.25, 0.3) is 0 Å². The molecule has 3 rings (SSSR count). The van der Waals surface area contributed by atoms with Gasteiger partial charge in [0.05, 0.1) is 10.0 Å². The van der Waals surface area contributed by atoms with Crippen molar-refractivity contribution in [3.63, 3.8) is 0 Å². The van der Waals surface area contributed by atoms with E-state index in [4.69, 9.17) is 27.3 Å². The summed E-state index contributed by atoms with van der Waals surface area (Å²) in [6.45, 7) is -2.14. The number of fused-ring (bicyclic) bond motifs is 1. The molecule has 112 valence electrons. The fraction of sp³-hybridized carbons (Fsp3) is 0.294. The Hall–Kier alpha value is -0.730. The van der Waals surface area contributed by atoms with Gasteiger partial charge < -0.3 is 5.32 Å². The molecule has 4 heteroatoms. The molecule has 21 heavy (non-hydrogen) atoms. The van der Waals surface area contributed by atoms with Crippen LogP contribution in [0.4, 0.5) is 0 Å². The molecule has 0 unspecified atom stereocenters. The maximum atomic E-state index is 7.47. The van der Waals surface area contributed by atoms with Gasteiger partial charge in [0, 0.05) is 16.1 Å². The van der Waals surface area contributed by atoms with Gasteiger partial charge in [-0.25, -0.2) is 0 Å². The van der Waals surface area contributed by atoms with Gasteiger partial charge in [0.1, 0.15) is 0 Å². The van der Waals surface area contributed by atoms with Gasteiger partial charge in [-0.3, -0.25) is 0 Å². The maximum absolute atomic E-state index is 7.47. The minimum absolute atomic E-state index is 0. The smallest absolute Gasteiger partial charge is 0.0595 e. The van der Waals surface area contributed by atoms with E-state index < -0.39 is 6.98 Å². The normalized spacial score (nSPS) is 23.2. The zero-order chi connectivity index (χ0) is 16.6. The SMILES string of the molecule is Cl.[2H]C([2H])([2H])N[C@H]1CC[C@H](c2ccc(Cl)c(Cl)c2)c2ccccc21. The van der Waals surface area contributed by atoms with Crippen molar-refractivity contribution in [2.45, 2.75) is 24.8 Å². The Morgan fingerprint density at radius 1 is 1.05 bits per heavy atom. The molecule has 0 aliphatic heterocycles. The molecule has 2 aromatic rings. The first kappa shape index (κ1) is 12.8. The van der Waals surface area contributed by atoms with Crippen molar-refractivity contribution in [3.05, 3.63) is 69.2 Å². The Labute approximate surface area is 146 Å². The molecular formula is C17H18Cl3N. The highest BCUT2D eigenvalue weighted by molar-refractivity contribution is 6.42. The lowest BCUT2D eigenvalue weighted by molar-refractivity contribution is 0.471. The van der Waals surface area contributed by atoms with Crippen LogP contribution < -0.4 is 5.32 Å². The summed E-state index contributed by atoms with van der Waals surface area (Å²) in [6, 6.07) is 13.6. The molecule has 1 aliphatic carbocycles. The van der Waals surface area contributed by atoms with Gasteiger partial charge in [-0.15, -0.1) is 12.4 Å². The molecule has 0 spiro atoms. The minimum atomic E-state index is -2.14. The summed E-state index contributed by atoms with van der Waals surface area (Å²) in [5, 5.41) is 3.85. The summed E-state index contributed by atoms with van der Waals surface area (Å²) in [5.41, 5.74) is 3.31. The van der Waals surface area contributed by atoms with Crippen LogP contribution >= 0.6 is 35.6 Å². The number of nitrogens with one attached hydrogen (secondary N) is 1. The molecule has 2 aromatic carbocycles. The van der Waals surface area contributed by atoms with E-state index in [0.29, 0.717) is 10.0 Å². The molecule has 0 heterocycles. The van der Waals surface area contributed by atoms with Crippen LogP contribution in [0.15, 0.2) is 42.5 Å². The monoisotopic (exact) mass is 344 g/mol. The van der Waals surface area contributed by atoms with E-state index in [1.807, 2.05) is 36.4 Å². The van der Waals surface area contributed by atoms with Gasteiger partial charge in [-0.2, -0.15) is 0 Å². The van der Waals surface area contributed by atoms with E-state index in [1.54, 1.807) is 0 Å². The average Bonchev–Trinajstić information content (AvgIpc) is 2.49. The average molecular weight is 346 g/mol. The van der Waals surface area contributed by atoms with Crippen LogP contribution in [0.5, 0.6) is 0 Å². The van der Waals surface area contributed by atoms with E-state index in [9.17, 15) is 0 Å². The first-order valence-electron chi connectivity index (χ1n) is 8.16. The van der Waals surface area contributed by atoms with Crippen LogP contribution in [0, 0.1) is 0 Å². The molecule has 1 N–H and O–H groups in total. The van der Waals surface area contributed by atoms with E-state index in [2.05, 4.69) is 11.4 Å². The zero-order valence-corrected chi connectivity index (χ0v) is 13.6. The topological polar surface area (TPSA) is 12.0 Å². The Kier molecular flexibility index (Phi) is 4.27. The van der Waals surface area contributed by atoms with E-state index >= 15 is 0 Å². The number of benzene rings is 2. The Balaban J connectivity index is 0.00000208. The Bertz CT molecular complexity index is 718. The maximum Gasteiger partial charge on any atom is 0.0595 e. The second-order valence-electron chi connectivity index (χ2n) is 5.13. The molecule has 0 amide bonds. The molecule has 0 saturated heterocycles. The lowest BCUT2D eigenvalue weighted by Gasteiger charge is -2.32. The van der Waals surface area contributed by atoms with Crippen LogP contribution in [0.2, 0.25) is 10.0 Å². The highest BCUT2D eigenvalue weighted by atomic mass is 35.5. The fourth-order valence-corrected chi connectivity index (χ4v) is 3.32. The molecule has 1 aliphatic rings. The molecule has 0 radical (unpaired) electrons. The van der Waals surface area contributed by atoms with Gasteiger partial charge in [0.2, 0.25) is 0 Å². The second kappa shape index (κ2) is 7.02. The van der Waals surface area contributed by atoms with Gasteiger partial charge in [0.15, 0.2) is 0 Å². The summed E-state index contributed by atoms with van der Waals surface area (Å²) in [7, 11) is 0. The Morgan fingerprint density at radius 2 is 1.81 bits per heavy atom. The first-order valence-corrected chi connectivity index (χ1v) is 7.42. The van der Waals surface area contributed by atoms with Crippen molar-refractivity contribution in [1.29, 1.82) is 0 Å². The third-order valence-corrected chi connectivity index (χ3v) is 4.75. The summed E-state index contributed by atoms with van der Waals surface area (Å²) in [6.07, 6.45) is 1.63. The van der Waals surface area contributed by atoms with Crippen LogP contribution in [0.3, 0.4) is 0 Å². The fourth-order valence-electron chi connectivity index (χ4n) is 3.02. The predicted molar refractivity (Wildman–Crippen MR) is 93.0 cm³/mol. The van der Waals surface area contributed by atoms with Gasteiger partial charge >= 0.3 is 0 Å². The van der Waals surface area contributed by atoms with Gasteiger partial charge in [-0.05, 0) is 48.6 Å². The number of rotatable bonds is 2. The highest BCUT2D eigenvalue weighted by Gasteiger charge is 2.27. The molecule has 0 saturated carbocycles. The first-order chi connectivity index (χ1) is 10.8. The molecule has 0 aromatic heterocycles. The summed E-state index contributed by atoms with van der Waals surface area (Å²) >= 11 is 12.2. The molecule has 1 nitrogen and oxygen atoms in total. The minimum Gasteiger partial charge on any atom is -0.313 e. The number of halogens is 3. The number of hydrogen-bond acceptors (Lipinski definition) is 1. The molecule has 0 bridgehead atoms. The van der Waals surface area contributed by atoms with Crippen LogP contribution in [0.1, 0.15) is 45.6 Å². The van der Waals surface area contributed by atoms with Crippen molar-refractivity contribution < 1.29 is 4.11 Å². The Morgan fingerprint density at radius 3 is 2.52 bits per heavy atom. The van der Waals surface area contributed by atoms with Crippen LogP contribution in [-0.2, 0) is 0 Å². The quantitative estimate of drug-likeness (QED) is 0.747. The second-order valence-corrected chi connectivity index (χ2v) is 5.94. The van der Waals surface area contributed by atoms with Gasteiger partial charge in [0.25, 0.3) is 0 Å². The van der Waals surface area contributed by atoms with Gasteiger partial charge in [-0.1, -0.05) is 53.5 Å². The van der Waals surface area contributed by atoms with Crippen molar-refractivity contribution in [2.75, 3.05) is 6.98 Å². The lowest BCUT2D eigenvalue weighted by atomic mass is 9.77. The third kappa shape index (κ3) is 3.22. The predicted octanol–water partition coefficient (Wildman–Crippen LogP) is 5.60. The van der Waals surface area contributed by atoms with E-state index in [0.717, 1.165) is 29.5 Å². The van der Waals surface area contributed by atoms with Crippen molar-refractivity contribution in [3.8, 4) is 0 Å². The summed E-state index contributed by atoms with van der Waals surface area (Å²) in [4.78, 5) is 0. The standard InChI is InChI=1S/C17H17Cl2N.ClH/c1-20-17-9-7-12(13-4-2-3-5-14(13)17)11-6-8-15(18)16(19)10-11;/h2-6,8,10,12,17,20H,7,9H2,1H3;1H/t12-,17+;/m1./s1/i1D3;. The highest BCUT2D eigenvalue weighted by Crippen LogP contribution is 2.42. The van der Waals surface area contributed by atoms with Crippen molar-refractivity contribution >= 4 is 35.6 Å². The van der Waals surface area contributed by atoms with Crippen molar-refractivity contribution in [2.24, 2.45) is 0 Å². The van der Waals surface area contributed by atoms with Crippen LogP contribution in [-0.4, -0.2) is 6.98 Å². The third-order valence-electron chi connectivity index (χ3n) is 4.01.